The minimum absolute atomic E-state index is 0.262. The fourth-order valence-corrected chi connectivity index (χ4v) is 3.87. The van der Waals surface area contributed by atoms with Crippen LogP contribution in [0.5, 0.6) is 0 Å². The van der Waals surface area contributed by atoms with E-state index in [4.69, 9.17) is 39.8 Å². The van der Waals surface area contributed by atoms with Crippen LogP contribution in [0.3, 0.4) is 0 Å². The molecular formula is C21H13Cl3N2O. The quantitative estimate of drug-likeness (QED) is 0.384. The lowest BCUT2D eigenvalue weighted by atomic mass is 10.1. The maximum Gasteiger partial charge on any atom is 0.266 e. The summed E-state index contributed by atoms with van der Waals surface area (Å²) in [5.41, 5.74) is 2.48. The number of nitrogens with zero attached hydrogens (tertiary/aromatic N) is 2. The second kappa shape index (κ2) is 7.01. The van der Waals surface area contributed by atoms with Crippen molar-refractivity contribution in [2.75, 3.05) is 0 Å². The summed E-state index contributed by atoms with van der Waals surface area (Å²) in [4.78, 5) is 18.1. The molecule has 0 spiro atoms. The minimum Gasteiger partial charge on any atom is -0.268 e. The second-order valence-corrected chi connectivity index (χ2v) is 7.43. The van der Waals surface area contributed by atoms with Crippen LogP contribution in [-0.2, 0) is 0 Å². The van der Waals surface area contributed by atoms with E-state index in [-0.39, 0.29) is 5.56 Å². The van der Waals surface area contributed by atoms with Gasteiger partial charge in [-0.1, -0.05) is 59.1 Å². The molecule has 0 fully saturated rings. The van der Waals surface area contributed by atoms with Crippen molar-refractivity contribution in [3.05, 3.63) is 91.6 Å². The molecule has 134 valence electrons. The number of hydrogen-bond donors (Lipinski definition) is 0. The van der Waals surface area contributed by atoms with E-state index in [0.29, 0.717) is 43.0 Å². The highest BCUT2D eigenvalue weighted by atomic mass is 35.5. The Morgan fingerprint density at radius 3 is 2.33 bits per heavy atom. The van der Waals surface area contributed by atoms with Crippen molar-refractivity contribution in [3.8, 4) is 17.1 Å². The number of aryl methyl sites for hydroxylation is 1. The largest absolute Gasteiger partial charge is 0.268 e. The van der Waals surface area contributed by atoms with E-state index in [9.17, 15) is 4.79 Å². The highest BCUT2D eigenvalue weighted by Gasteiger charge is 2.18. The van der Waals surface area contributed by atoms with Crippen molar-refractivity contribution in [3.63, 3.8) is 0 Å². The molecule has 4 aromatic rings. The Bertz CT molecular complexity index is 1230. The molecule has 4 rings (SSSR count). The molecule has 0 saturated heterocycles. The summed E-state index contributed by atoms with van der Waals surface area (Å²) in [6, 6.07) is 18.1. The van der Waals surface area contributed by atoms with Crippen molar-refractivity contribution in [1.29, 1.82) is 0 Å². The predicted octanol–water partition coefficient (Wildman–Crippen LogP) is 6.32. The van der Waals surface area contributed by atoms with Gasteiger partial charge in [0.25, 0.3) is 5.56 Å². The lowest BCUT2D eigenvalue weighted by Crippen LogP contribution is -2.22. The van der Waals surface area contributed by atoms with E-state index in [1.165, 1.54) is 4.57 Å². The van der Waals surface area contributed by atoms with Gasteiger partial charge in [-0.15, -0.1) is 0 Å². The van der Waals surface area contributed by atoms with Crippen molar-refractivity contribution >= 4 is 45.7 Å². The number of rotatable bonds is 2. The van der Waals surface area contributed by atoms with Gasteiger partial charge in [0.2, 0.25) is 0 Å². The fourth-order valence-electron chi connectivity index (χ4n) is 3.01. The molecule has 0 N–H and O–H groups in total. The molecule has 3 nitrogen and oxygen atoms in total. The molecule has 3 aromatic carbocycles. The SMILES string of the molecule is Cc1ccc(-c2nc3c(Cl)cc(Cl)cc3c(=O)n2-c2ccccc2)c(Cl)c1. The van der Waals surface area contributed by atoms with Crippen LogP contribution in [0.2, 0.25) is 15.1 Å². The van der Waals surface area contributed by atoms with Crippen LogP contribution in [0.15, 0.2) is 65.5 Å². The maximum atomic E-state index is 13.4. The number of aromatic nitrogens is 2. The lowest BCUT2D eigenvalue weighted by Gasteiger charge is -2.15. The van der Waals surface area contributed by atoms with E-state index in [1.54, 1.807) is 12.1 Å². The Kier molecular flexibility index (Phi) is 4.68. The molecule has 0 radical (unpaired) electrons. The van der Waals surface area contributed by atoms with E-state index in [1.807, 2.05) is 55.5 Å². The van der Waals surface area contributed by atoms with Gasteiger partial charge in [0, 0.05) is 10.6 Å². The van der Waals surface area contributed by atoms with E-state index in [2.05, 4.69) is 0 Å². The first-order chi connectivity index (χ1) is 13.0. The number of halogens is 3. The zero-order valence-electron chi connectivity index (χ0n) is 14.2. The molecule has 1 heterocycles. The number of para-hydroxylation sites is 1. The molecule has 1 aromatic heterocycles. The van der Waals surface area contributed by atoms with Crippen LogP contribution >= 0.6 is 34.8 Å². The average molecular weight is 416 g/mol. The average Bonchev–Trinajstić information content (AvgIpc) is 2.63. The monoisotopic (exact) mass is 414 g/mol. The van der Waals surface area contributed by atoms with Gasteiger partial charge in [0.1, 0.15) is 5.82 Å². The van der Waals surface area contributed by atoms with Gasteiger partial charge in [0.05, 0.1) is 26.6 Å². The van der Waals surface area contributed by atoms with Crippen LogP contribution in [0.4, 0.5) is 0 Å². The van der Waals surface area contributed by atoms with E-state index >= 15 is 0 Å². The van der Waals surface area contributed by atoms with Crippen molar-refractivity contribution < 1.29 is 0 Å². The molecule has 0 aliphatic carbocycles. The summed E-state index contributed by atoms with van der Waals surface area (Å²) in [5, 5.41) is 1.56. The smallest absolute Gasteiger partial charge is 0.266 e. The summed E-state index contributed by atoms with van der Waals surface area (Å²) in [6.45, 7) is 1.95. The Labute approximate surface area is 170 Å². The van der Waals surface area contributed by atoms with Gasteiger partial charge >= 0.3 is 0 Å². The standard InChI is InChI=1S/C21H13Cl3N2O/c1-12-7-8-15(17(23)9-12)20-25-19-16(10-13(22)11-18(19)24)21(27)26(20)14-5-3-2-4-6-14/h2-11H,1H3. The minimum atomic E-state index is -0.262. The van der Waals surface area contributed by atoms with Crippen LogP contribution < -0.4 is 5.56 Å². The molecular weight excluding hydrogens is 403 g/mol. The Hall–Kier alpha value is -2.33. The van der Waals surface area contributed by atoms with Gasteiger partial charge in [-0.25, -0.2) is 4.98 Å². The molecule has 0 amide bonds. The summed E-state index contributed by atoms with van der Waals surface area (Å²) < 4.78 is 1.53. The summed E-state index contributed by atoms with van der Waals surface area (Å²) in [6.07, 6.45) is 0. The zero-order chi connectivity index (χ0) is 19.1. The summed E-state index contributed by atoms with van der Waals surface area (Å²) >= 11 is 18.9. The molecule has 0 atom stereocenters. The van der Waals surface area contributed by atoms with Crippen LogP contribution in [-0.4, -0.2) is 9.55 Å². The number of fused-ring (bicyclic) bond motifs is 1. The molecule has 27 heavy (non-hydrogen) atoms. The van der Waals surface area contributed by atoms with Gasteiger partial charge in [0.15, 0.2) is 0 Å². The molecule has 6 heteroatoms. The van der Waals surface area contributed by atoms with E-state index in [0.717, 1.165) is 5.56 Å². The zero-order valence-corrected chi connectivity index (χ0v) is 16.5. The van der Waals surface area contributed by atoms with Crippen molar-refractivity contribution in [2.24, 2.45) is 0 Å². The Morgan fingerprint density at radius 1 is 0.889 bits per heavy atom. The topological polar surface area (TPSA) is 34.9 Å². The normalized spacial score (nSPS) is 11.1. The third kappa shape index (κ3) is 3.23. The van der Waals surface area contributed by atoms with Gasteiger partial charge in [-0.2, -0.15) is 0 Å². The summed E-state index contributed by atoms with van der Waals surface area (Å²) in [7, 11) is 0. The Morgan fingerprint density at radius 2 is 1.63 bits per heavy atom. The maximum absolute atomic E-state index is 13.4. The predicted molar refractivity (Wildman–Crippen MR) is 113 cm³/mol. The lowest BCUT2D eigenvalue weighted by molar-refractivity contribution is 0.976. The number of benzene rings is 3. The molecule has 0 aliphatic heterocycles. The number of hydrogen-bond acceptors (Lipinski definition) is 2. The Balaban J connectivity index is 2.18. The highest BCUT2D eigenvalue weighted by molar-refractivity contribution is 6.38. The molecule has 0 aliphatic rings. The van der Waals surface area contributed by atoms with Crippen LogP contribution in [0, 0.1) is 6.92 Å². The van der Waals surface area contributed by atoms with Crippen LogP contribution in [0.25, 0.3) is 28.0 Å². The van der Waals surface area contributed by atoms with Crippen molar-refractivity contribution in [2.45, 2.75) is 6.92 Å². The second-order valence-electron chi connectivity index (χ2n) is 6.18. The summed E-state index contributed by atoms with van der Waals surface area (Å²) in [5.74, 6) is 0.424. The van der Waals surface area contributed by atoms with Crippen LogP contribution in [0.1, 0.15) is 5.56 Å². The third-order valence-corrected chi connectivity index (χ3v) is 5.09. The van der Waals surface area contributed by atoms with Gasteiger partial charge in [-0.3, -0.25) is 9.36 Å². The first-order valence-electron chi connectivity index (χ1n) is 8.19. The molecule has 0 saturated carbocycles. The third-order valence-electron chi connectivity index (χ3n) is 4.27. The van der Waals surface area contributed by atoms with Gasteiger partial charge in [-0.05, 0) is 48.9 Å². The molecule has 0 unspecified atom stereocenters. The first-order valence-corrected chi connectivity index (χ1v) is 9.33. The van der Waals surface area contributed by atoms with Gasteiger partial charge < -0.3 is 0 Å². The molecule has 0 bridgehead atoms. The van der Waals surface area contributed by atoms with E-state index < -0.39 is 0 Å². The van der Waals surface area contributed by atoms with Crippen molar-refractivity contribution in [1.82, 2.24) is 9.55 Å². The highest BCUT2D eigenvalue weighted by Crippen LogP contribution is 2.32. The first kappa shape index (κ1) is 18.1. The fraction of sp³-hybridized carbons (Fsp3) is 0.0476.